The van der Waals surface area contributed by atoms with E-state index in [1.54, 1.807) is 12.1 Å². The van der Waals surface area contributed by atoms with Crippen LogP contribution in [0.1, 0.15) is 50.5 Å². The molecule has 1 aliphatic rings. The second kappa shape index (κ2) is 14.3. The van der Waals surface area contributed by atoms with Gasteiger partial charge in [0.2, 0.25) is 5.91 Å². The van der Waals surface area contributed by atoms with Crippen molar-refractivity contribution in [3.05, 3.63) is 54.2 Å². The van der Waals surface area contributed by atoms with E-state index in [9.17, 15) is 34.2 Å². The number of carboxylic acids is 1. The molecule has 1 saturated heterocycles. The van der Waals surface area contributed by atoms with E-state index in [-0.39, 0.29) is 18.0 Å². The van der Waals surface area contributed by atoms with Crippen molar-refractivity contribution in [1.82, 2.24) is 20.5 Å². The van der Waals surface area contributed by atoms with Crippen molar-refractivity contribution < 1.29 is 43.5 Å². The topological polar surface area (TPSA) is 184 Å². The number of likely N-dealkylation sites (N-methyl/N-ethyl adjacent to an activating group) is 1. The molecule has 3 rings (SSSR count). The predicted octanol–water partition coefficient (Wildman–Crippen LogP) is 1.05. The third-order valence-corrected chi connectivity index (χ3v) is 6.74. The van der Waals surface area contributed by atoms with Crippen LogP contribution in [0.25, 0.3) is 11.3 Å². The molecule has 0 radical (unpaired) electrons. The molecule has 13 nitrogen and oxygen atoms in total. The summed E-state index contributed by atoms with van der Waals surface area (Å²) in [5.74, 6) is -5.66. The molecule has 0 aliphatic carbocycles. The van der Waals surface area contributed by atoms with Gasteiger partial charge in [-0.2, -0.15) is 0 Å². The molecular weight excluding hydrogens is 559 g/mol. The standard InChI is InChI=1S/C29H37BN4O9/c1-17(2)14-22(30-42-24(38)16-29(43-30,15-23(36)37)28(41)34(4)5)32-27(40)25(18(3)35)33-26(39)21-13-9-12-20(31-21)19-10-7-6-8-11-19/h6-13,17-18,22,25,35H,14-16H2,1-5H3,(H,32,40)(H,33,39)(H,36,37)/t18-,22+,25+,29?/m1/s1. The van der Waals surface area contributed by atoms with Crippen molar-refractivity contribution in [2.45, 2.75) is 63.7 Å². The molecular formula is C29H37BN4O9. The molecule has 0 bridgehead atoms. The van der Waals surface area contributed by atoms with Gasteiger partial charge in [-0.15, -0.1) is 0 Å². The lowest BCUT2D eigenvalue weighted by Crippen LogP contribution is -2.64. The van der Waals surface area contributed by atoms with Crippen molar-refractivity contribution in [3.8, 4) is 11.3 Å². The van der Waals surface area contributed by atoms with E-state index in [2.05, 4.69) is 15.6 Å². The van der Waals surface area contributed by atoms with E-state index in [0.29, 0.717) is 5.69 Å². The third-order valence-electron chi connectivity index (χ3n) is 6.74. The van der Waals surface area contributed by atoms with Gasteiger partial charge in [-0.3, -0.25) is 24.0 Å². The first-order chi connectivity index (χ1) is 20.2. The molecule has 2 heterocycles. The number of hydrogen-bond donors (Lipinski definition) is 4. The summed E-state index contributed by atoms with van der Waals surface area (Å²) in [5, 5.41) is 25.1. The minimum atomic E-state index is -2.05. The van der Waals surface area contributed by atoms with Gasteiger partial charge in [-0.1, -0.05) is 50.2 Å². The average Bonchev–Trinajstić information content (AvgIpc) is 2.94. The second-order valence-corrected chi connectivity index (χ2v) is 11.1. The fraction of sp³-hybridized carbons (Fsp3) is 0.448. The van der Waals surface area contributed by atoms with Gasteiger partial charge in [0.1, 0.15) is 11.7 Å². The zero-order chi connectivity index (χ0) is 31.9. The normalized spacial score (nSPS) is 18.7. The van der Waals surface area contributed by atoms with E-state index in [1.165, 1.54) is 27.1 Å². The van der Waals surface area contributed by atoms with Crippen LogP contribution in [0.2, 0.25) is 0 Å². The van der Waals surface area contributed by atoms with E-state index < -0.39 is 73.3 Å². The maximum absolute atomic E-state index is 13.5. The highest BCUT2D eigenvalue weighted by Gasteiger charge is 2.55. The van der Waals surface area contributed by atoms with Crippen LogP contribution in [0.15, 0.2) is 48.5 Å². The van der Waals surface area contributed by atoms with Gasteiger partial charge in [0, 0.05) is 19.7 Å². The molecule has 1 unspecified atom stereocenters. The Bertz CT molecular complexity index is 1330. The van der Waals surface area contributed by atoms with Gasteiger partial charge in [0.25, 0.3) is 17.8 Å². The number of carbonyl (C=O) groups excluding carboxylic acids is 4. The Labute approximate surface area is 250 Å². The smallest absolute Gasteiger partial charge is 0.508 e. The Kier molecular flexibility index (Phi) is 11.0. The third kappa shape index (κ3) is 8.61. The number of rotatable bonds is 12. The summed E-state index contributed by atoms with van der Waals surface area (Å²) in [4.78, 5) is 69.5. The largest absolute Gasteiger partial charge is 0.552 e. The Balaban J connectivity index is 1.84. The predicted molar refractivity (Wildman–Crippen MR) is 155 cm³/mol. The average molecular weight is 596 g/mol. The van der Waals surface area contributed by atoms with Crippen molar-refractivity contribution >= 4 is 36.8 Å². The monoisotopic (exact) mass is 596 g/mol. The van der Waals surface area contributed by atoms with Crippen molar-refractivity contribution in [2.24, 2.45) is 5.92 Å². The molecule has 1 aromatic heterocycles. The molecule has 1 fully saturated rings. The first-order valence-electron chi connectivity index (χ1n) is 13.8. The minimum Gasteiger partial charge on any atom is -0.508 e. The summed E-state index contributed by atoms with van der Waals surface area (Å²) in [6.07, 6.45) is -2.60. The zero-order valence-electron chi connectivity index (χ0n) is 24.8. The number of aliphatic carboxylic acids is 1. The summed E-state index contributed by atoms with van der Waals surface area (Å²) in [5.41, 5.74) is -0.713. The Hall–Kier alpha value is -4.30. The minimum absolute atomic E-state index is 0.0173. The number of aromatic nitrogens is 1. The van der Waals surface area contributed by atoms with Crippen LogP contribution in [0.5, 0.6) is 0 Å². The molecule has 4 N–H and O–H groups in total. The Morgan fingerprint density at radius 2 is 1.72 bits per heavy atom. The molecule has 1 aliphatic heterocycles. The summed E-state index contributed by atoms with van der Waals surface area (Å²) in [7, 11) is 1.28. The molecule has 4 atom stereocenters. The van der Waals surface area contributed by atoms with Gasteiger partial charge in [-0.25, -0.2) is 4.98 Å². The van der Waals surface area contributed by atoms with Crippen LogP contribution in [-0.2, 0) is 28.5 Å². The van der Waals surface area contributed by atoms with Gasteiger partial charge in [-0.05, 0) is 31.4 Å². The van der Waals surface area contributed by atoms with Crippen molar-refractivity contribution in [3.63, 3.8) is 0 Å². The Morgan fingerprint density at radius 1 is 1.05 bits per heavy atom. The number of hydrogen-bond acceptors (Lipinski definition) is 9. The number of carboxylic acid groups (broad SMARTS) is 1. The van der Waals surface area contributed by atoms with E-state index >= 15 is 0 Å². The highest BCUT2D eigenvalue weighted by atomic mass is 16.6. The fourth-order valence-electron chi connectivity index (χ4n) is 4.78. The van der Waals surface area contributed by atoms with Crippen LogP contribution < -0.4 is 10.6 Å². The van der Waals surface area contributed by atoms with Crippen LogP contribution in [0.4, 0.5) is 0 Å². The summed E-state index contributed by atoms with van der Waals surface area (Å²) >= 11 is 0. The van der Waals surface area contributed by atoms with Crippen LogP contribution >= 0.6 is 0 Å². The zero-order valence-corrected chi connectivity index (χ0v) is 24.8. The molecule has 43 heavy (non-hydrogen) atoms. The molecule has 14 heteroatoms. The summed E-state index contributed by atoms with van der Waals surface area (Å²) in [6, 6.07) is 12.6. The van der Waals surface area contributed by atoms with Gasteiger partial charge >= 0.3 is 13.1 Å². The highest BCUT2D eigenvalue weighted by molar-refractivity contribution is 6.50. The van der Waals surface area contributed by atoms with E-state index in [1.807, 2.05) is 44.2 Å². The molecule has 2 aromatic rings. The van der Waals surface area contributed by atoms with Crippen LogP contribution in [0.3, 0.4) is 0 Å². The van der Waals surface area contributed by atoms with Crippen molar-refractivity contribution in [1.29, 1.82) is 0 Å². The van der Waals surface area contributed by atoms with Crippen LogP contribution in [-0.4, -0.2) is 94.7 Å². The van der Waals surface area contributed by atoms with Gasteiger partial charge in [0.05, 0.1) is 30.6 Å². The van der Waals surface area contributed by atoms with E-state index in [0.717, 1.165) is 10.5 Å². The first-order valence-corrected chi connectivity index (χ1v) is 13.8. The number of nitrogens with zero attached hydrogens (tertiary/aromatic N) is 2. The SMILES string of the molecule is CC(C)C[C@H](NC(=O)[C@@H](NC(=O)c1cccc(-c2ccccc2)n1)[C@@H](C)O)B1OC(=O)CC(CC(=O)O)(C(=O)N(C)C)O1. The first kappa shape index (κ1) is 33.2. The lowest BCUT2D eigenvalue weighted by atomic mass is 9.70. The fourth-order valence-corrected chi connectivity index (χ4v) is 4.78. The molecule has 0 saturated carbocycles. The molecule has 3 amide bonds. The number of aliphatic hydroxyl groups excluding tert-OH is 1. The number of amides is 3. The maximum Gasteiger partial charge on any atom is 0.552 e. The van der Waals surface area contributed by atoms with Crippen LogP contribution in [0, 0.1) is 5.92 Å². The molecule has 0 spiro atoms. The highest BCUT2D eigenvalue weighted by Crippen LogP contribution is 2.31. The molecule has 230 valence electrons. The second-order valence-electron chi connectivity index (χ2n) is 11.1. The van der Waals surface area contributed by atoms with Gasteiger partial charge in [0.15, 0.2) is 5.60 Å². The summed E-state index contributed by atoms with van der Waals surface area (Å²) in [6.45, 7) is 4.98. The quantitative estimate of drug-likeness (QED) is 0.258. The summed E-state index contributed by atoms with van der Waals surface area (Å²) < 4.78 is 11.3. The van der Waals surface area contributed by atoms with Crippen molar-refractivity contribution in [2.75, 3.05) is 14.1 Å². The number of aliphatic hydroxyl groups is 1. The lowest BCUT2D eigenvalue weighted by molar-refractivity contribution is -0.169. The number of nitrogens with one attached hydrogen (secondary N) is 2. The Morgan fingerprint density at radius 3 is 2.30 bits per heavy atom. The van der Waals surface area contributed by atoms with Gasteiger partial charge < -0.3 is 35.1 Å². The lowest BCUT2D eigenvalue weighted by Gasteiger charge is -2.40. The maximum atomic E-state index is 13.5. The number of benzene rings is 1. The van der Waals surface area contributed by atoms with E-state index in [4.69, 9.17) is 9.31 Å². The number of carbonyl (C=O) groups is 5. The number of pyridine rings is 1. The molecule has 1 aromatic carbocycles.